The molecule has 0 aliphatic carbocycles. The molecule has 0 spiro atoms. The summed E-state index contributed by atoms with van der Waals surface area (Å²) in [6, 6.07) is 2.03. The fraction of sp³-hybridized carbons (Fsp3) is 0.692. The molecule has 1 heterocycles. The highest BCUT2D eigenvalue weighted by molar-refractivity contribution is 5.49. The zero-order valence-corrected chi connectivity index (χ0v) is 11.9. The van der Waals surface area contributed by atoms with Crippen LogP contribution in [0.25, 0.3) is 0 Å². The minimum Gasteiger partial charge on any atom is -0.359 e. The molecular weight excluding hydrogens is 226 g/mol. The Morgan fingerprint density at radius 2 is 1.78 bits per heavy atom. The fourth-order valence-corrected chi connectivity index (χ4v) is 1.84. The summed E-state index contributed by atoms with van der Waals surface area (Å²) in [6.45, 7) is 7.01. The van der Waals surface area contributed by atoms with Gasteiger partial charge in [-0.05, 0) is 18.9 Å². The summed E-state index contributed by atoms with van der Waals surface area (Å²) < 4.78 is 0. The SMILES string of the molecule is CC(C)CN(C)c1cc(N(C)CCCN)ncn1. The highest BCUT2D eigenvalue weighted by Gasteiger charge is 2.08. The summed E-state index contributed by atoms with van der Waals surface area (Å²) in [4.78, 5) is 12.9. The first-order chi connectivity index (χ1) is 8.54. The van der Waals surface area contributed by atoms with Crippen LogP contribution in [0.4, 0.5) is 11.6 Å². The van der Waals surface area contributed by atoms with Crippen LogP contribution in [0.2, 0.25) is 0 Å². The molecule has 5 nitrogen and oxygen atoms in total. The van der Waals surface area contributed by atoms with Crippen molar-refractivity contribution in [3.05, 3.63) is 12.4 Å². The average molecular weight is 251 g/mol. The van der Waals surface area contributed by atoms with Gasteiger partial charge in [0.15, 0.2) is 0 Å². The van der Waals surface area contributed by atoms with E-state index in [0.29, 0.717) is 12.5 Å². The normalized spacial score (nSPS) is 10.8. The van der Waals surface area contributed by atoms with Gasteiger partial charge in [-0.15, -0.1) is 0 Å². The van der Waals surface area contributed by atoms with Crippen LogP contribution in [0.15, 0.2) is 12.4 Å². The van der Waals surface area contributed by atoms with Crippen molar-refractivity contribution in [2.75, 3.05) is 43.5 Å². The summed E-state index contributed by atoms with van der Waals surface area (Å²) in [6.07, 6.45) is 2.60. The molecule has 18 heavy (non-hydrogen) atoms. The van der Waals surface area contributed by atoms with Crippen LogP contribution in [-0.2, 0) is 0 Å². The van der Waals surface area contributed by atoms with Gasteiger partial charge in [0.2, 0.25) is 0 Å². The fourth-order valence-electron chi connectivity index (χ4n) is 1.84. The molecule has 1 aromatic heterocycles. The summed E-state index contributed by atoms with van der Waals surface area (Å²) >= 11 is 0. The maximum absolute atomic E-state index is 5.52. The molecule has 0 aromatic carbocycles. The Morgan fingerprint density at radius 3 is 2.33 bits per heavy atom. The maximum atomic E-state index is 5.52. The first kappa shape index (κ1) is 14.7. The predicted octanol–water partition coefficient (Wildman–Crippen LogP) is 1.35. The van der Waals surface area contributed by atoms with Gasteiger partial charge < -0.3 is 15.5 Å². The molecule has 0 aliphatic rings. The van der Waals surface area contributed by atoms with Crippen LogP contribution in [0, 0.1) is 5.92 Å². The lowest BCUT2D eigenvalue weighted by Crippen LogP contribution is -2.25. The Kier molecular flexibility index (Phi) is 5.85. The van der Waals surface area contributed by atoms with E-state index in [2.05, 4.69) is 40.7 Å². The molecule has 5 heteroatoms. The number of anilines is 2. The number of hydrogen-bond donors (Lipinski definition) is 1. The lowest BCUT2D eigenvalue weighted by Gasteiger charge is -2.23. The van der Waals surface area contributed by atoms with Crippen LogP contribution in [-0.4, -0.2) is 43.7 Å². The number of rotatable bonds is 7. The first-order valence-corrected chi connectivity index (χ1v) is 6.49. The third-order valence-electron chi connectivity index (χ3n) is 2.76. The molecule has 1 aromatic rings. The second kappa shape index (κ2) is 7.16. The van der Waals surface area contributed by atoms with E-state index in [0.717, 1.165) is 31.1 Å². The molecule has 0 fully saturated rings. The molecule has 0 saturated heterocycles. The summed E-state index contributed by atoms with van der Waals surface area (Å²) in [5, 5.41) is 0. The van der Waals surface area contributed by atoms with Gasteiger partial charge in [-0.1, -0.05) is 13.8 Å². The second-order valence-electron chi connectivity index (χ2n) is 5.07. The van der Waals surface area contributed by atoms with Crippen LogP contribution >= 0.6 is 0 Å². The summed E-state index contributed by atoms with van der Waals surface area (Å²) in [5.41, 5.74) is 5.52. The van der Waals surface area contributed by atoms with Gasteiger partial charge in [-0.25, -0.2) is 9.97 Å². The van der Waals surface area contributed by atoms with Crippen LogP contribution in [0.3, 0.4) is 0 Å². The highest BCUT2D eigenvalue weighted by Crippen LogP contribution is 2.16. The molecule has 0 bridgehead atoms. The molecule has 0 unspecified atom stereocenters. The van der Waals surface area contributed by atoms with Crippen molar-refractivity contribution in [1.29, 1.82) is 0 Å². The van der Waals surface area contributed by atoms with Gasteiger partial charge in [0.25, 0.3) is 0 Å². The largest absolute Gasteiger partial charge is 0.359 e. The minimum atomic E-state index is 0.614. The quantitative estimate of drug-likeness (QED) is 0.793. The Labute approximate surface area is 110 Å². The monoisotopic (exact) mass is 251 g/mol. The van der Waals surface area contributed by atoms with Gasteiger partial charge in [0.1, 0.15) is 18.0 Å². The van der Waals surface area contributed by atoms with E-state index in [1.54, 1.807) is 6.33 Å². The molecule has 0 atom stereocenters. The van der Waals surface area contributed by atoms with E-state index < -0.39 is 0 Å². The van der Waals surface area contributed by atoms with E-state index in [1.807, 2.05) is 13.1 Å². The van der Waals surface area contributed by atoms with E-state index >= 15 is 0 Å². The maximum Gasteiger partial charge on any atom is 0.133 e. The van der Waals surface area contributed by atoms with Gasteiger partial charge in [-0.2, -0.15) is 0 Å². The van der Waals surface area contributed by atoms with E-state index in [9.17, 15) is 0 Å². The predicted molar refractivity (Wildman–Crippen MR) is 77.1 cm³/mol. The van der Waals surface area contributed by atoms with Gasteiger partial charge in [0, 0.05) is 33.3 Å². The molecule has 1 rings (SSSR count). The average Bonchev–Trinajstić information content (AvgIpc) is 2.35. The molecule has 102 valence electrons. The Morgan fingerprint density at radius 1 is 1.17 bits per heavy atom. The molecule has 0 saturated carbocycles. The number of nitrogens with two attached hydrogens (primary N) is 1. The van der Waals surface area contributed by atoms with Crippen LogP contribution < -0.4 is 15.5 Å². The lowest BCUT2D eigenvalue weighted by molar-refractivity contribution is 0.634. The smallest absolute Gasteiger partial charge is 0.133 e. The molecule has 0 radical (unpaired) electrons. The zero-order chi connectivity index (χ0) is 13.5. The topological polar surface area (TPSA) is 58.3 Å². The van der Waals surface area contributed by atoms with E-state index in [-0.39, 0.29) is 0 Å². The van der Waals surface area contributed by atoms with Crippen molar-refractivity contribution in [2.45, 2.75) is 20.3 Å². The van der Waals surface area contributed by atoms with Crippen LogP contribution in [0.5, 0.6) is 0 Å². The Bertz CT molecular complexity index is 353. The van der Waals surface area contributed by atoms with Crippen molar-refractivity contribution in [3.63, 3.8) is 0 Å². The van der Waals surface area contributed by atoms with E-state index in [4.69, 9.17) is 5.73 Å². The van der Waals surface area contributed by atoms with E-state index in [1.165, 1.54) is 0 Å². The Balaban J connectivity index is 2.72. The van der Waals surface area contributed by atoms with Gasteiger partial charge in [-0.3, -0.25) is 0 Å². The van der Waals surface area contributed by atoms with Gasteiger partial charge >= 0.3 is 0 Å². The van der Waals surface area contributed by atoms with Crippen molar-refractivity contribution in [3.8, 4) is 0 Å². The van der Waals surface area contributed by atoms with Gasteiger partial charge in [0.05, 0.1) is 0 Å². The zero-order valence-electron chi connectivity index (χ0n) is 11.9. The Hall–Kier alpha value is -1.36. The number of nitrogens with zero attached hydrogens (tertiary/aromatic N) is 4. The highest BCUT2D eigenvalue weighted by atomic mass is 15.2. The first-order valence-electron chi connectivity index (χ1n) is 6.49. The van der Waals surface area contributed by atoms with Crippen molar-refractivity contribution >= 4 is 11.6 Å². The van der Waals surface area contributed by atoms with Crippen molar-refractivity contribution in [1.82, 2.24) is 9.97 Å². The van der Waals surface area contributed by atoms with Crippen molar-refractivity contribution in [2.24, 2.45) is 11.7 Å². The number of aromatic nitrogens is 2. The molecular formula is C13H25N5. The standard InChI is InChI=1S/C13H25N5/c1-11(2)9-18(4)13-8-12(15-10-16-13)17(3)7-5-6-14/h8,10-11H,5-7,9,14H2,1-4H3. The van der Waals surface area contributed by atoms with Crippen LogP contribution in [0.1, 0.15) is 20.3 Å². The summed E-state index contributed by atoms with van der Waals surface area (Å²) in [7, 11) is 4.09. The molecule has 0 amide bonds. The number of hydrogen-bond acceptors (Lipinski definition) is 5. The second-order valence-corrected chi connectivity index (χ2v) is 5.07. The summed E-state index contributed by atoms with van der Waals surface area (Å²) in [5.74, 6) is 2.53. The third kappa shape index (κ3) is 4.49. The third-order valence-corrected chi connectivity index (χ3v) is 2.76. The lowest BCUT2D eigenvalue weighted by atomic mass is 10.2. The molecule has 0 aliphatic heterocycles. The minimum absolute atomic E-state index is 0.614. The van der Waals surface area contributed by atoms with Crippen molar-refractivity contribution < 1.29 is 0 Å². The molecule has 2 N–H and O–H groups in total.